The minimum Gasteiger partial charge on any atom is -0.493 e. The third kappa shape index (κ3) is 4.42. The summed E-state index contributed by atoms with van der Waals surface area (Å²) >= 11 is 5.98. The van der Waals surface area contributed by atoms with E-state index in [1.807, 2.05) is 12.1 Å². The first-order valence-corrected chi connectivity index (χ1v) is 9.98. The van der Waals surface area contributed by atoms with Gasteiger partial charge in [-0.25, -0.2) is 5.01 Å². The van der Waals surface area contributed by atoms with Crippen LogP contribution in [-0.2, 0) is 4.79 Å². The van der Waals surface area contributed by atoms with Crippen LogP contribution in [0.25, 0.3) is 0 Å². The van der Waals surface area contributed by atoms with Gasteiger partial charge < -0.3 is 13.9 Å². The fraction of sp³-hybridized carbons (Fsp3) is 0.182. The average molecular weight is 456 g/mol. The molecule has 1 amide bonds. The number of methoxy groups -OCH3 is 1. The van der Waals surface area contributed by atoms with Crippen LogP contribution in [0.1, 0.15) is 23.8 Å². The van der Waals surface area contributed by atoms with Gasteiger partial charge in [-0.1, -0.05) is 23.7 Å². The van der Waals surface area contributed by atoms with Crippen molar-refractivity contribution in [3.05, 3.63) is 87.3 Å². The molecular formula is C22H18ClN3O6. The van der Waals surface area contributed by atoms with Crippen LogP contribution in [-0.4, -0.2) is 35.3 Å². The molecule has 0 fully saturated rings. The van der Waals surface area contributed by atoms with Gasteiger partial charge >= 0.3 is 0 Å². The molecule has 9 nitrogen and oxygen atoms in total. The van der Waals surface area contributed by atoms with Crippen LogP contribution in [0.4, 0.5) is 5.69 Å². The Labute approximate surface area is 187 Å². The summed E-state index contributed by atoms with van der Waals surface area (Å²) in [4.78, 5) is 23.4. The van der Waals surface area contributed by atoms with Crippen molar-refractivity contribution in [3.8, 4) is 11.5 Å². The van der Waals surface area contributed by atoms with Gasteiger partial charge in [0.1, 0.15) is 11.8 Å². The molecular weight excluding hydrogens is 438 g/mol. The van der Waals surface area contributed by atoms with E-state index in [2.05, 4.69) is 5.10 Å². The second-order valence-corrected chi connectivity index (χ2v) is 7.34. The monoisotopic (exact) mass is 455 g/mol. The average Bonchev–Trinajstić information content (AvgIpc) is 3.48. The number of rotatable bonds is 7. The maximum Gasteiger partial charge on any atom is 0.281 e. The number of nitro groups is 1. The van der Waals surface area contributed by atoms with Gasteiger partial charge in [-0.3, -0.25) is 14.9 Å². The fourth-order valence-corrected chi connectivity index (χ4v) is 3.48. The number of hydrogen-bond donors (Lipinski definition) is 0. The predicted molar refractivity (Wildman–Crippen MR) is 116 cm³/mol. The highest BCUT2D eigenvalue weighted by Crippen LogP contribution is 2.34. The first-order valence-electron chi connectivity index (χ1n) is 9.60. The minimum atomic E-state index is -0.539. The number of halogens is 1. The van der Waals surface area contributed by atoms with Crippen LogP contribution >= 0.6 is 11.6 Å². The number of benzene rings is 2. The number of ether oxygens (including phenoxy) is 2. The van der Waals surface area contributed by atoms with Crippen molar-refractivity contribution in [2.24, 2.45) is 5.10 Å². The van der Waals surface area contributed by atoms with Gasteiger partial charge in [0.25, 0.3) is 11.6 Å². The highest BCUT2D eigenvalue weighted by molar-refractivity contribution is 6.30. The quantitative estimate of drug-likeness (QED) is 0.380. The Morgan fingerprint density at radius 3 is 2.69 bits per heavy atom. The molecule has 4 rings (SSSR count). The number of non-ortho nitro benzene ring substituents is 1. The van der Waals surface area contributed by atoms with Crippen LogP contribution in [0.5, 0.6) is 11.5 Å². The van der Waals surface area contributed by atoms with Gasteiger partial charge in [-0.2, -0.15) is 5.10 Å². The Morgan fingerprint density at radius 2 is 2.03 bits per heavy atom. The molecule has 1 unspecified atom stereocenters. The third-order valence-corrected chi connectivity index (χ3v) is 5.18. The number of furan rings is 1. The van der Waals surface area contributed by atoms with Crippen molar-refractivity contribution in [2.45, 2.75) is 12.5 Å². The summed E-state index contributed by atoms with van der Waals surface area (Å²) in [6.45, 7) is -0.344. The van der Waals surface area contributed by atoms with E-state index in [0.717, 1.165) is 5.56 Å². The molecule has 32 heavy (non-hydrogen) atoms. The van der Waals surface area contributed by atoms with E-state index in [1.165, 1.54) is 36.6 Å². The third-order valence-electron chi connectivity index (χ3n) is 4.92. The Balaban J connectivity index is 1.55. The van der Waals surface area contributed by atoms with Crippen LogP contribution < -0.4 is 9.47 Å². The van der Waals surface area contributed by atoms with Crippen molar-refractivity contribution >= 4 is 28.9 Å². The van der Waals surface area contributed by atoms with E-state index in [0.29, 0.717) is 22.9 Å². The summed E-state index contributed by atoms with van der Waals surface area (Å²) in [7, 11) is 1.36. The molecule has 0 saturated heterocycles. The first-order chi connectivity index (χ1) is 15.5. The normalized spacial score (nSPS) is 15.4. The standard InChI is InChI=1S/C22H18ClN3O6/c1-30-21-11-16(26(28)29)8-9-20(21)32-13-22(27)25-18(19-3-2-10-31-19)12-17(24-25)14-4-6-15(23)7-5-14/h2-11,18H,12-13H2,1H3. The topological polar surface area (TPSA) is 107 Å². The molecule has 1 atom stereocenters. The molecule has 1 aliphatic rings. The Kier molecular flexibility index (Phi) is 6.09. The smallest absolute Gasteiger partial charge is 0.281 e. The molecule has 0 saturated carbocycles. The van der Waals surface area contributed by atoms with Crippen LogP contribution in [0, 0.1) is 10.1 Å². The number of nitro benzene ring substituents is 1. The van der Waals surface area contributed by atoms with E-state index in [4.69, 9.17) is 25.5 Å². The number of hydrazone groups is 1. The van der Waals surface area contributed by atoms with Crippen molar-refractivity contribution in [1.82, 2.24) is 5.01 Å². The largest absolute Gasteiger partial charge is 0.493 e. The maximum atomic E-state index is 13.0. The lowest BCUT2D eigenvalue weighted by Crippen LogP contribution is -2.31. The summed E-state index contributed by atoms with van der Waals surface area (Å²) in [5.41, 5.74) is 1.42. The summed E-state index contributed by atoms with van der Waals surface area (Å²) in [6.07, 6.45) is 2.00. The Hall–Kier alpha value is -3.85. The lowest BCUT2D eigenvalue weighted by atomic mass is 10.0. The number of hydrogen-bond acceptors (Lipinski definition) is 7. The molecule has 1 aliphatic heterocycles. The fourth-order valence-electron chi connectivity index (χ4n) is 3.35. The van der Waals surface area contributed by atoms with Crippen molar-refractivity contribution in [2.75, 3.05) is 13.7 Å². The zero-order valence-electron chi connectivity index (χ0n) is 16.9. The number of nitrogens with zero attached hydrogens (tertiary/aromatic N) is 3. The zero-order valence-corrected chi connectivity index (χ0v) is 17.7. The first kappa shape index (κ1) is 21.4. The van der Waals surface area contributed by atoms with E-state index < -0.39 is 16.9 Å². The van der Waals surface area contributed by atoms with Crippen molar-refractivity contribution < 1.29 is 23.6 Å². The van der Waals surface area contributed by atoms with Crippen LogP contribution in [0.15, 0.2) is 70.4 Å². The Morgan fingerprint density at radius 1 is 1.25 bits per heavy atom. The molecule has 2 heterocycles. The molecule has 10 heteroatoms. The van der Waals surface area contributed by atoms with Gasteiger partial charge in [0.05, 0.1) is 30.1 Å². The second-order valence-electron chi connectivity index (χ2n) is 6.91. The Bertz CT molecular complexity index is 1160. The molecule has 3 aromatic rings. The molecule has 0 bridgehead atoms. The van der Waals surface area contributed by atoms with Crippen LogP contribution in [0.3, 0.4) is 0 Å². The van der Waals surface area contributed by atoms with Crippen molar-refractivity contribution in [1.29, 1.82) is 0 Å². The zero-order chi connectivity index (χ0) is 22.7. The van der Waals surface area contributed by atoms with Gasteiger partial charge in [-0.05, 0) is 35.9 Å². The summed E-state index contributed by atoms with van der Waals surface area (Å²) in [5, 5.41) is 17.4. The van der Waals surface area contributed by atoms with Crippen molar-refractivity contribution in [3.63, 3.8) is 0 Å². The SMILES string of the molecule is COc1cc([N+](=O)[O-])ccc1OCC(=O)N1N=C(c2ccc(Cl)cc2)CC1c1ccco1. The van der Waals surface area contributed by atoms with Gasteiger partial charge in [-0.15, -0.1) is 0 Å². The summed E-state index contributed by atoms with van der Waals surface area (Å²) in [6, 6.07) is 14.2. The summed E-state index contributed by atoms with van der Waals surface area (Å²) in [5.74, 6) is 0.554. The molecule has 0 spiro atoms. The van der Waals surface area contributed by atoms with Gasteiger partial charge in [0.15, 0.2) is 18.1 Å². The summed E-state index contributed by atoms with van der Waals surface area (Å²) < 4.78 is 16.3. The molecule has 0 aliphatic carbocycles. The van der Waals surface area contributed by atoms with Gasteiger partial charge in [0.2, 0.25) is 0 Å². The lowest BCUT2D eigenvalue weighted by Gasteiger charge is -2.20. The maximum absolute atomic E-state index is 13.0. The second kappa shape index (κ2) is 9.11. The van der Waals surface area contributed by atoms with E-state index in [1.54, 1.807) is 24.3 Å². The van der Waals surface area contributed by atoms with E-state index in [-0.39, 0.29) is 23.8 Å². The minimum absolute atomic E-state index is 0.143. The highest BCUT2D eigenvalue weighted by atomic mass is 35.5. The molecule has 0 radical (unpaired) electrons. The molecule has 2 aromatic carbocycles. The lowest BCUT2D eigenvalue weighted by molar-refractivity contribution is -0.384. The highest BCUT2D eigenvalue weighted by Gasteiger charge is 2.35. The number of carbonyl (C=O) groups excluding carboxylic acids is 1. The van der Waals surface area contributed by atoms with Crippen LogP contribution in [0.2, 0.25) is 5.02 Å². The molecule has 1 aromatic heterocycles. The predicted octanol–water partition coefficient (Wildman–Crippen LogP) is 4.61. The van der Waals surface area contributed by atoms with Gasteiger partial charge in [0, 0.05) is 17.5 Å². The number of carbonyl (C=O) groups is 1. The molecule has 164 valence electrons. The van der Waals surface area contributed by atoms with E-state index >= 15 is 0 Å². The van der Waals surface area contributed by atoms with E-state index in [9.17, 15) is 14.9 Å². The number of amides is 1. The molecule has 0 N–H and O–H groups in total.